The molecule has 0 aromatic carbocycles. The number of nitrogens with zero attached hydrogens (tertiary/aromatic N) is 4. The lowest BCUT2D eigenvalue weighted by molar-refractivity contribution is -0.165. The Morgan fingerprint density at radius 2 is 2.07 bits per heavy atom. The molecular formula is C20H29N5O2S. The van der Waals surface area contributed by atoms with E-state index in [0.29, 0.717) is 12.3 Å². The summed E-state index contributed by atoms with van der Waals surface area (Å²) in [4.78, 5) is 40.4. The van der Waals surface area contributed by atoms with Gasteiger partial charge in [-0.05, 0) is 25.2 Å². The lowest BCUT2D eigenvalue weighted by Gasteiger charge is -2.56. The minimum absolute atomic E-state index is 0.201. The minimum Gasteiger partial charge on any atom is -0.347 e. The Hall–Kier alpha value is -1.54. The highest BCUT2D eigenvalue weighted by atomic mass is 32.2. The van der Waals surface area contributed by atoms with Crippen molar-refractivity contribution in [2.45, 2.75) is 44.3 Å². The van der Waals surface area contributed by atoms with Crippen LogP contribution in [0.5, 0.6) is 0 Å². The standard InChI is InChI=1S/C20H29N5O2S/c26-18-3-1-2-17-14-8-15(11-23(10-14)12-16-9-21-13-22-16)19(25(17)18)20(27)24-4-6-28-7-5-24/h9,13-15,17,19H,1-8,10-12H2,(H,21,22)/t14-,15+,17-,19+/m0/s1. The zero-order chi connectivity index (χ0) is 19.1. The molecule has 4 atom stereocenters. The maximum Gasteiger partial charge on any atom is 0.245 e. The lowest BCUT2D eigenvalue weighted by Crippen LogP contribution is -2.68. The Labute approximate surface area is 170 Å². The number of aromatic nitrogens is 2. The summed E-state index contributed by atoms with van der Waals surface area (Å²) in [5, 5.41) is 0. The van der Waals surface area contributed by atoms with Crippen molar-refractivity contribution in [3.05, 3.63) is 18.2 Å². The van der Waals surface area contributed by atoms with Gasteiger partial charge in [0.25, 0.3) is 0 Å². The number of piperidine rings is 3. The molecule has 0 saturated carbocycles. The number of fused-ring (bicyclic) bond motifs is 4. The van der Waals surface area contributed by atoms with E-state index in [1.54, 1.807) is 6.33 Å². The SMILES string of the molecule is O=C([C@H]1[C@@H]2C[C@@H](CN(Cc3cnc[nH]3)C2)[C@@H]2CCCC(=O)N21)N1CCSCC1. The van der Waals surface area contributed by atoms with Gasteiger partial charge in [-0.2, -0.15) is 11.8 Å². The van der Waals surface area contributed by atoms with E-state index in [1.165, 1.54) is 0 Å². The van der Waals surface area contributed by atoms with Gasteiger partial charge in [-0.15, -0.1) is 0 Å². The van der Waals surface area contributed by atoms with Gasteiger partial charge in [0.15, 0.2) is 0 Å². The normalized spacial score (nSPS) is 33.6. The molecule has 0 spiro atoms. The molecule has 28 heavy (non-hydrogen) atoms. The summed E-state index contributed by atoms with van der Waals surface area (Å²) >= 11 is 1.91. The molecule has 0 unspecified atom stereocenters. The van der Waals surface area contributed by atoms with E-state index in [-0.39, 0.29) is 29.8 Å². The fourth-order valence-electron chi connectivity index (χ4n) is 5.78. The van der Waals surface area contributed by atoms with Crippen LogP contribution in [0.25, 0.3) is 0 Å². The first-order valence-electron chi connectivity index (χ1n) is 10.6. The summed E-state index contributed by atoms with van der Waals surface area (Å²) in [6, 6.07) is -0.0306. The van der Waals surface area contributed by atoms with Crippen LogP contribution in [0.15, 0.2) is 12.5 Å². The molecule has 1 N–H and O–H groups in total. The first kappa shape index (κ1) is 18.5. The molecular weight excluding hydrogens is 374 g/mol. The van der Waals surface area contributed by atoms with E-state index in [4.69, 9.17) is 0 Å². The van der Waals surface area contributed by atoms with Gasteiger partial charge < -0.3 is 14.8 Å². The molecule has 5 rings (SSSR count). The van der Waals surface area contributed by atoms with Crippen molar-refractivity contribution >= 4 is 23.6 Å². The van der Waals surface area contributed by atoms with Crippen molar-refractivity contribution in [3.63, 3.8) is 0 Å². The van der Waals surface area contributed by atoms with E-state index >= 15 is 0 Å². The molecule has 4 fully saturated rings. The molecule has 2 bridgehead atoms. The summed E-state index contributed by atoms with van der Waals surface area (Å²) in [7, 11) is 0. The third-order valence-corrected chi connectivity index (χ3v) is 7.88. The van der Waals surface area contributed by atoms with E-state index < -0.39 is 0 Å². The van der Waals surface area contributed by atoms with Gasteiger partial charge in [-0.3, -0.25) is 14.5 Å². The molecule has 7 nitrogen and oxygen atoms in total. The molecule has 5 heterocycles. The Balaban J connectivity index is 1.41. The molecule has 152 valence electrons. The minimum atomic E-state index is -0.262. The number of H-pyrrole nitrogens is 1. The third-order valence-electron chi connectivity index (χ3n) is 6.94. The predicted molar refractivity (Wildman–Crippen MR) is 108 cm³/mol. The summed E-state index contributed by atoms with van der Waals surface area (Å²) < 4.78 is 0. The average molecular weight is 404 g/mol. The van der Waals surface area contributed by atoms with Gasteiger partial charge in [0, 0.05) is 74.5 Å². The maximum atomic E-state index is 13.6. The fourth-order valence-corrected chi connectivity index (χ4v) is 6.69. The number of carbonyl (C=O) groups is 2. The van der Waals surface area contributed by atoms with Crippen molar-refractivity contribution < 1.29 is 9.59 Å². The molecule has 1 aromatic rings. The monoisotopic (exact) mass is 403 g/mol. The Bertz CT molecular complexity index is 720. The Kier molecular flexibility index (Phi) is 5.09. The van der Waals surface area contributed by atoms with Crippen LogP contribution in [0, 0.1) is 11.8 Å². The number of carbonyl (C=O) groups excluding carboxylic acids is 2. The van der Waals surface area contributed by atoms with Crippen LogP contribution in [0.2, 0.25) is 0 Å². The summed E-state index contributed by atoms with van der Waals surface area (Å²) in [5.74, 6) is 3.14. The molecule has 4 saturated heterocycles. The average Bonchev–Trinajstić information content (AvgIpc) is 3.22. The van der Waals surface area contributed by atoms with Gasteiger partial charge in [-0.25, -0.2) is 4.98 Å². The van der Waals surface area contributed by atoms with Gasteiger partial charge in [0.2, 0.25) is 11.8 Å². The van der Waals surface area contributed by atoms with E-state index in [0.717, 1.165) is 69.2 Å². The lowest BCUT2D eigenvalue weighted by atomic mass is 9.71. The van der Waals surface area contributed by atoms with E-state index in [2.05, 4.69) is 14.9 Å². The second kappa shape index (κ2) is 7.71. The van der Waals surface area contributed by atoms with Crippen LogP contribution < -0.4 is 0 Å². The van der Waals surface area contributed by atoms with Gasteiger partial charge >= 0.3 is 0 Å². The van der Waals surface area contributed by atoms with Crippen molar-refractivity contribution in [2.24, 2.45) is 11.8 Å². The summed E-state index contributed by atoms with van der Waals surface area (Å²) in [6.45, 7) is 4.37. The third kappa shape index (κ3) is 3.34. The second-order valence-corrected chi connectivity index (χ2v) is 9.89. The van der Waals surface area contributed by atoms with Crippen LogP contribution in [0.1, 0.15) is 31.4 Å². The van der Waals surface area contributed by atoms with Crippen LogP contribution in [0.3, 0.4) is 0 Å². The van der Waals surface area contributed by atoms with Gasteiger partial charge in [0.1, 0.15) is 6.04 Å². The largest absolute Gasteiger partial charge is 0.347 e. The van der Waals surface area contributed by atoms with Crippen molar-refractivity contribution in [3.8, 4) is 0 Å². The first-order chi connectivity index (χ1) is 13.7. The van der Waals surface area contributed by atoms with Crippen LogP contribution in [-0.4, -0.2) is 86.3 Å². The number of thioether (sulfide) groups is 1. The number of likely N-dealkylation sites (tertiary alicyclic amines) is 1. The number of hydrogen-bond acceptors (Lipinski definition) is 5. The maximum absolute atomic E-state index is 13.6. The number of rotatable bonds is 3. The van der Waals surface area contributed by atoms with Crippen molar-refractivity contribution in [1.29, 1.82) is 0 Å². The zero-order valence-corrected chi connectivity index (χ0v) is 17.1. The topological polar surface area (TPSA) is 72.5 Å². The Morgan fingerprint density at radius 3 is 2.86 bits per heavy atom. The van der Waals surface area contributed by atoms with Gasteiger partial charge in [0.05, 0.1) is 6.33 Å². The molecule has 4 aliphatic heterocycles. The van der Waals surface area contributed by atoms with E-state index in [9.17, 15) is 9.59 Å². The summed E-state index contributed by atoms with van der Waals surface area (Å²) in [6.07, 6.45) is 7.29. The number of imidazole rings is 1. The Morgan fingerprint density at radius 1 is 1.25 bits per heavy atom. The van der Waals surface area contributed by atoms with Crippen molar-refractivity contribution in [2.75, 3.05) is 37.7 Å². The first-order valence-corrected chi connectivity index (χ1v) is 11.7. The molecule has 0 radical (unpaired) electrons. The van der Waals surface area contributed by atoms with Gasteiger partial charge in [-0.1, -0.05) is 0 Å². The molecule has 1 aromatic heterocycles. The van der Waals surface area contributed by atoms with Crippen LogP contribution >= 0.6 is 11.8 Å². The fraction of sp³-hybridized carbons (Fsp3) is 0.750. The van der Waals surface area contributed by atoms with Crippen LogP contribution in [-0.2, 0) is 16.1 Å². The van der Waals surface area contributed by atoms with Crippen molar-refractivity contribution in [1.82, 2.24) is 24.7 Å². The number of hydrogen-bond donors (Lipinski definition) is 1. The molecule has 2 amide bonds. The molecule has 0 aliphatic carbocycles. The highest BCUT2D eigenvalue weighted by Crippen LogP contribution is 2.42. The highest BCUT2D eigenvalue weighted by Gasteiger charge is 2.52. The highest BCUT2D eigenvalue weighted by molar-refractivity contribution is 7.99. The number of nitrogens with one attached hydrogen (secondary N) is 1. The zero-order valence-electron chi connectivity index (χ0n) is 16.3. The smallest absolute Gasteiger partial charge is 0.245 e. The molecule has 4 aliphatic rings. The van der Waals surface area contributed by atoms with E-state index in [1.807, 2.05) is 27.8 Å². The molecule has 8 heteroatoms. The summed E-state index contributed by atoms with van der Waals surface area (Å²) in [5.41, 5.74) is 1.12. The predicted octanol–water partition coefficient (Wildman–Crippen LogP) is 1.19. The van der Waals surface area contributed by atoms with Crippen LogP contribution in [0.4, 0.5) is 0 Å². The number of amides is 2. The quantitative estimate of drug-likeness (QED) is 0.821. The second-order valence-electron chi connectivity index (χ2n) is 8.67. The number of aromatic amines is 1.